The first kappa shape index (κ1) is 16.1. The Hall–Kier alpha value is -0.930. The number of rotatable bonds is 8. The molecular weight excluding hydrogens is 239 g/mol. The van der Waals surface area contributed by atoms with Crippen LogP contribution in [-0.4, -0.2) is 25.0 Å². The minimum atomic E-state index is -0.157. The maximum atomic E-state index is 13.1. The van der Waals surface area contributed by atoms with Crippen molar-refractivity contribution in [1.82, 2.24) is 4.90 Å². The summed E-state index contributed by atoms with van der Waals surface area (Å²) in [5, 5.41) is 0. The Morgan fingerprint density at radius 2 is 2.00 bits per heavy atom. The maximum Gasteiger partial charge on any atom is 0.123 e. The predicted molar refractivity (Wildman–Crippen MR) is 79.4 cm³/mol. The first-order valence-corrected chi connectivity index (χ1v) is 7.06. The molecule has 1 aromatic rings. The molecule has 0 saturated heterocycles. The Morgan fingerprint density at radius 1 is 1.26 bits per heavy atom. The normalized spacial score (nSPS) is 12.1. The van der Waals surface area contributed by atoms with E-state index in [0.717, 1.165) is 38.0 Å². The lowest BCUT2D eigenvalue weighted by molar-refractivity contribution is 0.289. The van der Waals surface area contributed by atoms with Crippen molar-refractivity contribution in [2.45, 2.75) is 39.7 Å². The molecule has 108 valence electrons. The molecule has 0 aliphatic carbocycles. The van der Waals surface area contributed by atoms with E-state index in [1.807, 2.05) is 6.07 Å². The van der Waals surface area contributed by atoms with E-state index >= 15 is 0 Å². The average molecular weight is 266 g/mol. The molecule has 0 amide bonds. The number of nitrogens with two attached hydrogens (primary N) is 1. The van der Waals surface area contributed by atoms with Crippen molar-refractivity contribution in [3.63, 3.8) is 0 Å². The second-order valence-corrected chi connectivity index (χ2v) is 6.19. The molecule has 0 fully saturated rings. The van der Waals surface area contributed by atoms with Gasteiger partial charge in [-0.15, -0.1) is 0 Å². The molecule has 0 saturated carbocycles. The fraction of sp³-hybridized carbons (Fsp3) is 0.625. The van der Waals surface area contributed by atoms with Gasteiger partial charge in [0.05, 0.1) is 0 Å². The van der Waals surface area contributed by atoms with E-state index in [1.165, 1.54) is 12.5 Å². The summed E-state index contributed by atoms with van der Waals surface area (Å²) in [6.45, 7) is 7.01. The van der Waals surface area contributed by atoms with Crippen molar-refractivity contribution in [2.24, 2.45) is 11.1 Å². The lowest BCUT2D eigenvalue weighted by Gasteiger charge is -2.23. The van der Waals surface area contributed by atoms with Gasteiger partial charge in [0.1, 0.15) is 5.82 Å². The van der Waals surface area contributed by atoms with Gasteiger partial charge in [-0.25, -0.2) is 4.39 Å². The molecule has 0 aromatic heterocycles. The Kier molecular flexibility index (Phi) is 6.46. The van der Waals surface area contributed by atoms with E-state index < -0.39 is 0 Å². The molecule has 0 bridgehead atoms. The summed E-state index contributed by atoms with van der Waals surface area (Å²) in [6.07, 6.45) is 3.52. The summed E-state index contributed by atoms with van der Waals surface area (Å²) in [6, 6.07) is 6.83. The second kappa shape index (κ2) is 7.61. The molecule has 1 aromatic carbocycles. The number of nitrogens with zero attached hydrogens (tertiary/aromatic N) is 1. The number of hydrogen-bond donors (Lipinski definition) is 1. The second-order valence-electron chi connectivity index (χ2n) is 6.19. The fourth-order valence-electron chi connectivity index (χ4n) is 2.11. The summed E-state index contributed by atoms with van der Waals surface area (Å²) >= 11 is 0. The van der Waals surface area contributed by atoms with Gasteiger partial charge >= 0.3 is 0 Å². The van der Waals surface area contributed by atoms with E-state index in [-0.39, 0.29) is 11.2 Å². The molecule has 1 rings (SSSR count). The van der Waals surface area contributed by atoms with Gasteiger partial charge in [-0.3, -0.25) is 0 Å². The van der Waals surface area contributed by atoms with E-state index in [4.69, 9.17) is 5.73 Å². The van der Waals surface area contributed by atoms with E-state index in [2.05, 4.69) is 25.8 Å². The molecule has 0 heterocycles. The molecule has 0 spiro atoms. The molecule has 0 atom stereocenters. The third-order valence-corrected chi connectivity index (χ3v) is 3.54. The highest BCUT2D eigenvalue weighted by Crippen LogP contribution is 2.21. The molecule has 0 aliphatic rings. The average Bonchev–Trinajstić information content (AvgIpc) is 2.35. The van der Waals surface area contributed by atoms with Crippen molar-refractivity contribution < 1.29 is 4.39 Å². The smallest absolute Gasteiger partial charge is 0.123 e. The Bertz CT molecular complexity index is 377. The molecule has 0 radical (unpaired) electrons. The van der Waals surface area contributed by atoms with Gasteiger partial charge in [-0.1, -0.05) is 32.4 Å². The van der Waals surface area contributed by atoms with Crippen LogP contribution in [0.3, 0.4) is 0 Å². The van der Waals surface area contributed by atoms with Gasteiger partial charge in [-0.2, -0.15) is 0 Å². The zero-order valence-corrected chi connectivity index (χ0v) is 12.5. The van der Waals surface area contributed by atoms with Crippen LogP contribution in [-0.2, 0) is 6.54 Å². The minimum Gasteiger partial charge on any atom is -0.330 e. The Morgan fingerprint density at radius 3 is 2.63 bits per heavy atom. The zero-order valence-electron chi connectivity index (χ0n) is 12.5. The molecular formula is C16H27FN2. The van der Waals surface area contributed by atoms with Crippen molar-refractivity contribution in [2.75, 3.05) is 20.1 Å². The number of hydrogen-bond acceptors (Lipinski definition) is 2. The molecule has 2 N–H and O–H groups in total. The van der Waals surface area contributed by atoms with E-state index in [9.17, 15) is 4.39 Å². The van der Waals surface area contributed by atoms with E-state index in [1.54, 1.807) is 12.1 Å². The van der Waals surface area contributed by atoms with Gasteiger partial charge in [-0.05, 0) is 56.1 Å². The molecule has 19 heavy (non-hydrogen) atoms. The van der Waals surface area contributed by atoms with Crippen LogP contribution in [0.15, 0.2) is 24.3 Å². The Balaban J connectivity index is 2.23. The summed E-state index contributed by atoms with van der Waals surface area (Å²) in [5.74, 6) is -0.157. The highest BCUT2D eigenvalue weighted by atomic mass is 19.1. The monoisotopic (exact) mass is 266 g/mol. The predicted octanol–water partition coefficient (Wildman–Crippen LogP) is 3.41. The highest BCUT2D eigenvalue weighted by molar-refractivity contribution is 5.15. The largest absolute Gasteiger partial charge is 0.330 e. The third-order valence-electron chi connectivity index (χ3n) is 3.54. The number of halogens is 1. The number of benzene rings is 1. The van der Waals surface area contributed by atoms with Crippen molar-refractivity contribution in [3.8, 4) is 0 Å². The Labute approximate surface area is 116 Å². The van der Waals surface area contributed by atoms with Crippen molar-refractivity contribution >= 4 is 0 Å². The standard InChI is InChI=1S/C16H27FN2/c1-16(2,13-18)9-4-5-10-19(3)12-14-7-6-8-15(17)11-14/h6-8,11H,4-5,9-10,12-13,18H2,1-3H3. The van der Waals surface area contributed by atoms with Gasteiger partial charge in [0.2, 0.25) is 0 Å². The number of unbranched alkanes of at least 4 members (excludes halogenated alkanes) is 1. The fourth-order valence-corrected chi connectivity index (χ4v) is 2.11. The summed E-state index contributed by atoms with van der Waals surface area (Å²) < 4.78 is 13.1. The maximum absolute atomic E-state index is 13.1. The van der Waals surface area contributed by atoms with Crippen LogP contribution in [0, 0.1) is 11.2 Å². The lowest BCUT2D eigenvalue weighted by Crippen LogP contribution is -2.24. The first-order chi connectivity index (χ1) is 8.93. The van der Waals surface area contributed by atoms with Crippen LogP contribution < -0.4 is 5.73 Å². The van der Waals surface area contributed by atoms with Crippen LogP contribution in [0.4, 0.5) is 4.39 Å². The summed E-state index contributed by atoms with van der Waals surface area (Å²) in [4.78, 5) is 2.24. The zero-order chi connectivity index (χ0) is 14.3. The van der Waals surface area contributed by atoms with Gasteiger partial charge in [0.15, 0.2) is 0 Å². The topological polar surface area (TPSA) is 29.3 Å². The molecule has 0 aliphatic heterocycles. The van der Waals surface area contributed by atoms with Gasteiger partial charge in [0.25, 0.3) is 0 Å². The first-order valence-electron chi connectivity index (χ1n) is 7.06. The van der Waals surface area contributed by atoms with Crippen LogP contribution in [0.5, 0.6) is 0 Å². The lowest BCUT2D eigenvalue weighted by atomic mass is 9.87. The summed E-state index contributed by atoms with van der Waals surface area (Å²) in [7, 11) is 2.08. The van der Waals surface area contributed by atoms with Crippen LogP contribution >= 0.6 is 0 Å². The van der Waals surface area contributed by atoms with Gasteiger partial charge in [0, 0.05) is 6.54 Å². The summed E-state index contributed by atoms with van der Waals surface area (Å²) in [5.41, 5.74) is 7.00. The molecule has 2 nitrogen and oxygen atoms in total. The van der Waals surface area contributed by atoms with E-state index in [0.29, 0.717) is 0 Å². The molecule has 0 unspecified atom stereocenters. The van der Waals surface area contributed by atoms with Crippen molar-refractivity contribution in [1.29, 1.82) is 0 Å². The van der Waals surface area contributed by atoms with Crippen LogP contribution in [0.25, 0.3) is 0 Å². The quantitative estimate of drug-likeness (QED) is 0.731. The van der Waals surface area contributed by atoms with Gasteiger partial charge < -0.3 is 10.6 Å². The highest BCUT2D eigenvalue weighted by Gasteiger charge is 2.14. The third kappa shape index (κ3) is 6.69. The SMILES string of the molecule is CN(CCCCC(C)(C)CN)Cc1cccc(F)c1. The minimum absolute atomic E-state index is 0.157. The van der Waals surface area contributed by atoms with Crippen molar-refractivity contribution in [3.05, 3.63) is 35.6 Å². The van der Waals surface area contributed by atoms with Crippen LogP contribution in [0.1, 0.15) is 38.7 Å². The molecule has 3 heteroatoms. The van der Waals surface area contributed by atoms with Crippen LogP contribution in [0.2, 0.25) is 0 Å².